The van der Waals surface area contributed by atoms with Crippen LogP contribution in [0.15, 0.2) is 24.3 Å². The molecule has 2 aromatic heterocycles. The van der Waals surface area contributed by atoms with E-state index in [1.807, 2.05) is 31.2 Å². The highest BCUT2D eigenvalue weighted by atomic mass is 32.1. The summed E-state index contributed by atoms with van der Waals surface area (Å²) in [7, 11) is 3.59. The maximum atomic E-state index is 12.4. The van der Waals surface area contributed by atoms with Crippen LogP contribution in [0.5, 0.6) is 0 Å². The molecular formula is C16H17N5O2S. The topological polar surface area (TPSA) is 94.2 Å². The lowest BCUT2D eigenvalue weighted by molar-refractivity contribution is 0.0467. The fourth-order valence-electron chi connectivity index (χ4n) is 2.25. The molecule has 124 valence electrons. The molecule has 0 radical (unpaired) electrons. The maximum Gasteiger partial charge on any atom is 0.349 e. The second kappa shape index (κ2) is 6.40. The predicted octanol–water partition coefficient (Wildman–Crippen LogP) is 2.40. The fourth-order valence-corrected chi connectivity index (χ4v) is 3.36. The van der Waals surface area contributed by atoms with Crippen molar-refractivity contribution in [3.05, 3.63) is 40.5 Å². The molecule has 3 rings (SSSR count). The molecule has 2 heterocycles. The lowest BCUT2D eigenvalue weighted by Gasteiger charge is -2.11. The summed E-state index contributed by atoms with van der Waals surface area (Å²) in [6.07, 6.45) is 0. The second-order valence-electron chi connectivity index (χ2n) is 5.43. The standard InChI is InChI=1S/C16H17N5O2S/c1-9-10-6-4-5-7-11(10)24-13(9)14(22)23-8-12-18-15(17)20-16(19-12)21(2)3/h4-7H,8H2,1-3H3,(H2,17,18,19,20). The Morgan fingerprint density at radius 3 is 2.71 bits per heavy atom. The Morgan fingerprint density at radius 2 is 2.00 bits per heavy atom. The number of anilines is 2. The number of aromatic nitrogens is 3. The van der Waals surface area contributed by atoms with Crippen molar-refractivity contribution in [2.24, 2.45) is 0 Å². The number of hydrogen-bond donors (Lipinski definition) is 1. The number of nitrogens with zero attached hydrogens (tertiary/aromatic N) is 4. The van der Waals surface area contributed by atoms with Crippen molar-refractivity contribution in [2.75, 3.05) is 24.7 Å². The van der Waals surface area contributed by atoms with Crippen molar-refractivity contribution in [1.82, 2.24) is 15.0 Å². The molecular weight excluding hydrogens is 326 g/mol. The molecule has 24 heavy (non-hydrogen) atoms. The van der Waals surface area contributed by atoms with E-state index in [2.05, 4.69) is 15.0 Å². The van der Waals surface area contributed by atoms with Crippen molar-refractivity contribution in [3.63, 3.8) is 0 Å². The molecule has 0 aliphatic heterocycles. The molecule has 3 aromatic rings. The summed E-state index contributed by atoms with van der Waals surface area (Å²) >= 11 is 1.42. The van der Waals surface area contributed by atoms with E-state index in [1.165, 1.54) is 11.3 Å². The molecule has 7 nitrogen and oxygen atoms in total. The summed E-state index contributed by atoms with van der Waals surface area (Å²) in [4.78, 5) is 26.9. The van der Waals surface area contributed by atoms with Crippen LogP contribution in [-0.4, -0.2) is 35.0 Å². The third-order valence-electron chi connectivity index (χ3n) is 3.45. The van der Waals surface area contributed by atoms with Gasteiger partial charge in [0.15, 0.2) is 12.4 Å². The Bertz CT molecular complexity index is 907. The Kier molecular flexibility index (Phi) is 4.30. The number of nitrogen functional groups attached to an aromatic ring is 1. The SMILES string of the molecule is Cc1c(C(=O)OCc2nc(N)nc(N(C)C)n2)sc2ccccc12. The number of fused-ring (bicyclic) bond motifs is 1. The maximum absolute atomic E-state index is 12.4. The van der Waals surface area contributed by atoms with Crippen molar-refractivity contribution in [2.45, 2.75) is 13.5 Å². The lowest BCUT2D eigenvalue weighted by Crippen LogP contribution is -2.17. The van der Waals surface area contributed by atoms with Gasteiger partial charge < -0.3 is 15.4 Å². The molecule has 8 heteroatoms. The van der Waals surface area contributed by atoms with Gasteiger partial charge in [0.1, 0.15) is 4.88 Å². The first kappa shape index (κ1) is 16.1. The molecule has 0 amide bonds. The van der Waals surface area contributed by atoms with Gasteiger partial charge in [0.25, 0.3) is 0 Å². The van der Waals surface area contributed by atoms with E-state index in [1.54, 1.807) is 19.0 Å². The number of aryl methyl sites for hydroxylation is 1. The van der Waals surface area contributed by atoms with Gasteiger partial charge in [-0.25, -0.2) is 4.79 Å². The summed E-state index contributed by atoms with van der Waals surface area (Å²) in [5.74, 6) is 0.446. The Labute approximate surface area is 143 Å². The molecule has 0 fully saturated rings. The summed E-state index contributed by atoms with van der Waals surface area (Å²) in [5, 5.41) is 1.06. The first-order chi connectivity index (χ1) is 11.5. The van der Waals surface area contributed by atoms with Crippen LogP contribution < -0.4 is 10.6 Å². The fraction of sp³-hybridized carbons (Fsp3) is 0.250. The van der Waals surface area contributed by atoms with E-state index in [9.17, 15) is 4.79 Å². The number of ether oxygens (including phenoxy) is 1. The number of nitrogens with two attached hydrogens (primary N) is 1. The molecule has 1 aromatic carbocycles. The summed E-state index contributed by atoms with van der Waals surface area (Å²) in [6.45, 7) is 1.86. The van der Waals surface area contributed by atoms with Gasteiger partial charge in [-0.05, 0) is 23.9 Å². The van der Waals surface area contributed by atoms with Crippen LogP contribution >= 0.6 is 11.3 Å². The van der Waals surface area contributed by atoms with Gasteiger partial charge in [0.2, 0.25) is 11.9 Å². The number of thiophene rings is 1. The average Bonchev–Trinajstić information content (AvgIpc) is 2.89. The molecule has 0 unspecified atom stereocenters. The van der Waals surface area contributed by atoms with E-state index >= 15 is 0 Å². The molecule has 2 N–H and O–H groups in total. The normalized spacial score (nSPS) is 10.8. The van der Waals surface area contributed by atoms with Gasteiger partial charge in [-0.2, -0.15) is 15.0 Å². The van der Waals surface area contributed by atoms with Crippen LogP contribution in [0.2, 0.25) is 0 Å². The monoisotopic (exact) mass is 343 g/mol. The minimum Gasteiger partial charge on any atom is -0.453 e. The van der Waals surface area contributed by atoms with E-state index in [-0.39, 0.29) is 18.5 Å². The third kappa shape index (κ3) is 3.13. The first-order valence-electron chi connectivity index (χ1n) is 7.28. The van der Waals surface area contributed by atoms with Crippen LogP contribution in [-0.2, 0) is 11.3 Å². The number of rotatable bonds is 4. The highest BCUT2D eigenvalue weighted by Gasteiger charge is 2.17. The Morgan fingerprint density at radius 1 is 1.25 bits per heavy atom. The van der Waals surface area contributed by atoms with Crippen molar-refractivity contribution in [3.8, 4) is 0 Å². The number of hydrogen-bond acceptors (Lipinski definition) is 8. The molecule has 0 aliphatic rings. The average molecular weight is 343 g/mol. The van der Waals surface area contributed by atoms with E-state index in [0.717, 1.165) is 15.6 Å². The van der Waals surface area contributed by atoms with Crippen LogP contribution in [0.1, 0.15) is 21.1 Å². The van der Waals surface area contributed by atoms with Crippen molar-refractivity contribution < 1.29 is 9.53 Å². The van der Waals surface area contributed by atoms with Crippen molar-refractivity contribution in [1.29, 1.82) is 0 Å². The largest absolute Gasteiger partial charge is 0.453 e. The summed E-state index contributed by atoms with van der Waals surface area (Å²) < 4.78 is 6.42. The quantitative estimate of drug-likeness (QED) is 0.727. The number of carbonyl (C=O) groups is 1. The predicted molar refractivity (Wildman–Crippen MR) is 94.2 cm³/mol. The molecule has 0 bridgehead atoms. The Hall–Kier alpha value is -2.74. The van der Waals surface area contributed by atoms with Crippen LogP contribution in [0, 0.1) is 6.92 Å². The minimum atomic E-state index is -0.390. The molecule has 0 atom stereocenters. The zero-order valence-corrected chi connectivity index (χ0v) is 14.4. The van der Waals surface area contributed by atoms with Crippen LogP contribution in [0.3, 0.4) is 0 Å². The van der Waals surface area contributed by atoms with Gasteiger partial charge in [0.05, 0.1) is 0 Å². The molecule has 0 saturated heterocycles. The van der Waals surface area contributed by atoms with Crippen LogP contribution in [0.25, 0.3) is 10.1 Å². The van der Waals surface area contributed by atoms with Gasteiger partial charge in [0, 0.05) is 18.8 Å². The number of esters is 1. The van der Waals surface area contributed by atoms with Gasteiger partial charge in [-0.15, -0.1) is 11.3 Å². The van der Waals surface area contributed by atoms with Crippen molar-refractivity contribution >= 4 is 39.3 Å². The smallest absolute Gasteiger partial charge is 0.349 e. The molecule has 0 saturated carbocycles. The zero-order chi connectivity index (χ0) is 17.3. The number of carbonyl (C=O) groups excluding carboxylic acids is 1. The van der Waals surface area contributed by atoms with Gasteiger partial charge in [-0.3, -0.25) is 0 Å². The molecule has 0 aliphatic carbocycles. The highest BCUT2D eigenvalue weighted by Crippen LogP contribution is 2.31. The zero-order valence-electron chi connectivity index (χ0n) is 13.6. The lowest BCUT2D eigenvalue weighted by atomic mass is 10.1. The molecule has 0 spiro atoms. The van der Waals surface area contributed by atoms with Gasteiger partial charge in [-0.1, -0.05) is 18.2 Å². The highest BCUT2D eigenvalue weighted by molar-refractivity contribution is 7.21. The van der Waals surface area contributed by atoms with E-state index in [4.69, 9.17) is 10.5 Å². The number of benzene rings is 1. The second-order valence-corrected chi connectivity index (χ2v) is 6.48. The third-order valence-corrected chi connectivity index (χ3v) is 4.70. The Balaban J connectivity index is 1.79. The van der Waals surface area contributed by atoms with E-state index < -0.39 is 0 Å². The van der Waals surface area contributed by atoms with Crippen LogP contribution in [0.4, 0.5) is 11.9 Å². The van der Waals surface area contributed by atoms with Gasteiger partial charge >= 0.3 is 5.97 Å². The van der Waals surface area contributed by atoms with E-state index in [0.29, 0.717) is 16.6 Å². The summed E-state index contributed by atoms with van der Waals surface area (Å²) in [5.41, 5.74) is 6.58. The minimum absolute atomic E-state index is 0.0555. The summed E-state index contributed by atoms with van der Waals surface area (Å²) in [6, 6.07) is 7.88. The first-order valence-corrected chi connectivity index (χ1v) is 8.10.